The van der Waals surface area contributed by atoms with Crippen molar-refractivity contribution in [3.8, 4) is 0 Å². The Bertz CT molecular complexity index is 1040. The highest BCUT2D eigenvalue weighted by Gasteiger charge is 2.32. The monoisotopic (exact) mass is 430 g/mol. The van der Waals surface area contributed by atoms with Crippen molar-refractivity contribution in [2.75, 3.05) is 11.9 Å². The van der Waals surface area contributed by atoms with E-state index in [0.29, 0.717) is 10.0 Å². The van der Waals surface area contributed by atoms with Crippen LogP contribution >= 0.6 is 24.0 Å². The Morgan fingerprint density at radius 1 is 1.21 bits per heavy atom. The molecule has 2 aromatic rings. The number of nitrogens with one attached hydrogen (secondary N) is 1. The number of nitrogens with zero attached hydrogens (tertiary/aromatic N) is 1. The van der Waals surface area contributed by atoms with E-state index < -0.39 is 11.8 Å². The van der Waals surface area contributed by atoms with Crippen LogP contribution in [0, 0.1) is 5.82 Å². The van der Waals surface area contributed by atoms with E-state index in [-0.39, 0.29) is 40.8 Å². The molecule has 2 amide bonds. The summed E-state index contributed by atoms with van der Waals surface area (Å²) in [6.45, 7) is 0.0593. The van der Waals surface area contributed by atoms with Crippen LogP contribution in [0.25, 0.3) is 6.08 Å². The lowest BCUT2D eigenvalue weighted by Gasteiger charge is -2.14. The van der Waals surface area contributed by atoms with Gasteiger partial charge in [0.2, 0.25) is 5.91 Å². The van der Waals surface area contributed by atoms with Gasteiger partial charge < -0.3 is 10.4 Å². The highest BCUT2D eigenvalue weighted by atomic mass is 32.2. The zero-order chi connectivity index (χ0) is 21.0. The Labute approximate surface area is 175 Å². The van der Waals surface area contributed by atoms with E-state index >= 15 is 0 Å². The summed E-state index contributed by atoms with van der Waals surface area (Å²) in [7, 11) is 0. The Morgan fingerprint density at radius 2 is 1.97 bits per heavy atom. The van der Waals surface area contributed by atoms with Gasteiger partial charge in [-0.05, 0) is 30.3 Å². The van der Waals surface area contributed by atoms with Gasteiger partial charge in [0, 0.05) is 24.2 Å². The van der Waals surface area contributed by atoms with Crippen molar-refractivity contribution in [1.29, 1.82) is 0 Å². The van der Waals surface area contributed by atoms with Gasteiger partial charge in [-0.25, -0.2) is 9.18 Å². The summed E-state index contributed by atoms with van der Waals surface area (Å²) < 4.78 is 14.1. The molecule has 1 saturated heterocycles. The van der Waals surface area contributed by atoms with Crippen LogP contribution in [0.1, 0.15) is 22.3 Å². The van der Waals surface area contributed by atoms with Crippen molar-refractivity contribution >= 4 is 57.8 Å². The van der Waals surface area contributed by atoms with Gasteiger partial charge in [-0.2, -0.15) is 0 Å². The fourth-order valence-corrected chi connectivity index (χ4v) is 3.89. The molecule has 148 valence electrons. The third-order valence-electron chi connectivity index (χ3n) is 4.02. The van der Waals surface area contributed by atoms with Crippen LogP contribution in [0.15, 0.2) is 53.4 Å². The van der Waals surface area contributed by atoms with Crippen molar-refractivity contribution in [3.63, 3.8) is 0 Å². The maximum absolute atomic E-state index is 13.8. The van der Waals surface area contributed by atoms with Crippen LogP contribution in [-0.4, -0.2) is 38.7 Å². The lowest BCUT2D eigenvalue weighted by atomic mass is 10.2. The van der Waals surface area contributed by atoms with Gasteiger partial charge in [-0.1, -0.05) is 48.2 Å². The molecule has 0 unspecified atom stereocenters. The fourth-order valence-electron chi connectivity index (χ4n) is 2.59. The molecule has 0 spiro atoms. The highest BCUT2D eigenvalue weighted by Crippen LogP contribution is 2.33. The number of benzene rings is 2. The molecule has 0 atom stereocenters. The first-order valence-electron chi connectivity index (χ1n) is 8.48. The standard InChI is InChI=1S/C20H15FN2O4S2/c21-15-7-2-1-4-12(15)11-16-18(25)23(20(28)29-16)9-8-17(24)22-14-6-3-5-13(10-14)19(26)27/h1-7,10-11H,8-9H2,(H,22,24)(H,26,27)/b16-11-. The Balaban J connectivity index is 1.62. The summed E-state index contributed by atoms with van der Waals surface area (Å²) in [5.74, 6) is -2.32. The molecule has 1 aliphatic heterocycles. The zero-order valence-electron chi connectivity index (χ0n) is 14.9. The molecule has 0 aliphatic carbocycles. The van der Waals surface area contributed by atoms with Crippen LogP contribution in [0.5, 0.6) is 0 Å². The molecule has 2 aromatic carbocycles. The van der Waals surface area contributed by atoms with Crippen LogP contribution in [-0.2, 0) is 9.59 Å². The van der Waals surface area contributed by atoms with Gasteiger partial charge in [0.25, 0.3) is 5.91 Å². The molecule has 0 radical (unpaired) electrons. The quantitative estimate of drug-likeness (QED) is 0.536. The molecule has 29 heavy (non-hydrogen) atoms. The molecule has 1 heterocycles. The predicted octanol–water partition coefficient (Wildman–Crippen LogP) is 3.75. The molecule has 9 heteroatoms. The van der Waals surface area contributed by atoms with E-state index in [9.17, 15) is 18.8 Å². The second-order valence-electron chi connectivity index (χ2n) is 6.04. The number of carboxylic acids is 1. The summed E-state index contributed by atoms with van der Waals surface area (Å²) in [4.78, 5) is 37.3. The molecule has 0 saturated carbocycles. The maximum atomic E-state index is 13.8. The molecule has 3 rings (SSSR count). The molecular weight excluding hydrogens is 415 g/mol. The Morgan fingerprint density at radius 3 is 2.69 bits per heavy atom. The third kappa shape index (κ3) is 5.07. The molecule has 2 N–H and O–H groups in total. The minimum atomic E-state index is -1.10. The second-order valence-corrected chi connectivity index (χ2v) is 7.71. The van der Waals surface area contributed by atoms with Crippen LogP contribution < -0.4 is 5.32 Å². The van der Waals surface area contributed by atoms with Gasteiger partial charge in [0.15, 0.2) is 0 Å². The van der Waals surface area contributed by atoms with Crippen molar-refractivity contribution in [1.82, 2.24) is 4.90 Å². The number of aromatic carboxylic acids is 1. The zero-order valence-corrected chi connectivity index (χ0v) is 16.6. The minimum absolute atomic E-state index is 0.0310. The van der Waals surface area contributed by atoms with Crippen molar-refractivity contribution in [2.45, 2.75) is 6.42 Å². The summed E-state index contributed by atoms with van der Waals surface area (Å²) >= 11 is 6.26. The smallest absolute Gasteiger partial charge is 0.335 e. The number of anilines is 1. The van der Waals surface area contributed by atoms with Gasteiger partial charge in [0.05, 0.1) is 10.5 Å². The van der Waals surface area contributed by atoms with Crippen LogP contribution in [0.3, 0.4) is 0 Å². The van der Waals surface area contributed by atoms with Gasteiger partial charge in [0.1, 0.15) is 10.1 Å². The number of halogens is 1. The first-order chi connectivity index (χ1) is 13.8. The number of thioether (sulfide) groups is 1. The van der Waals surface area contributed by atoms with E-state index in [1.807, 2.05) is 0 Å². The first-order valence-corrected chi connectivity index (χ1v) is 9.71. The van der Waals surface area contributed by atoms with Gasteiger partial charge >= 0.3 is 5.97 Å². The number of carbonyl (C=O) groups is 3. The number of carbonyl (C=O) groups excluding carboxylic acids is 2. The van der Waals surface area contributed by atoms with Crippen molar-refractivity contribution < 1.29 is 23.9 Å². The van der Waals surface area contributed by atoms with E-state index in [2.05, 4.69) is 5.32 Å². The van der Waals surface area contributed by atoms with Crippen molar-refractivity contribution in [3.05, 3.63) is 70.4 Å². The second kappa shape index (κ2) is 8.97. The maximum Gasteiger partial charge on any atom is 0.335 e. The van der Waals surface area contributed by atoms with Crippen LogP contribution in [0.4, 0.5) is 10.1 Å². The van der Waals surface area contributed by atoms with E-state index in [1.165, 1.54) is 35.2 Å². The fraction of sp³-hybridized carbons (Fsp3) is 0.100. The normalized spacial score (nSPS) is 15.1. The lowest BCUT2D eigenvalue weighted by molar-refractivity contribution is -0.122. The van der Waals surface area contributed by atoms with Gasteiger partial charge in [-0.15, -0.1) is 0 Å². The van der Waals surface area contributed by atoms with E-state index in [4.69, 9.17) is 17.3 Å². The van der Waals surface area contributed by atoms with Gasteiger partial charge in [-0.3, -0.25) is 14.5 Å². The average Bonchev–Trinajstić information content (AvgIpc) is 2.95. The molecule has 0 bridgehead atoms. The molecule has 1 aliphatic rings. The predicted molar refractivity (Wildman–Crippen MR) is 113 cm³/mol. The number of amides is 2. The number of carboxylic acid groups (broad SMARTS) is 1. The highest BCUT2D eigenvalue weighted by molar-refractivity contribution is 8.26. The number of hydrogen-bond donors (Lipinski definition) is 2. The number of rotatable bonds is 6. The topological polar surface area (TPSA) is 86.7 Å². The molecule has 6 nitrogen and oxygen atoms in total. The number of hydrogen-bond acceptors (Lipinski definition) is 5. The Kier molecular flexibility index (Phi) is 6.40. The average molecular weight is 430 g/mol. The molecule has 0 aromatic heterocycles. The lowest BCUT2D eigenvalue weighted by Crippen LogP contribution is -2.31. The first kappa shape index (κ1) is 20.7. The summed E-state index contributed by atoms with van der Waals surface area (Å²) in [5.41, 5.74) is 0.682. The Hall–Kier alpha value is -3.04. The minimum Gasteiger partial charge on any atom is -0.478 e. The molecular formula is C20H15FN2O4S2. The summed E-state index contributed by atoms with van der Waals surface area (Å²) in [6.07, 6.45) is 1.41. The van der Waals surface area contributed by atoms with Crippen molar-refractivity contribution in [2.24, 2.45) is 0 Å². The largest absolute Gasteiger partial charge is 0.478 e. The van der Waals surface area contributed by atoms with Crippen LogP contribution in [0.2, 0.25) is 0 Å². The van der Waals surface area contributed by atoms with E-state index in [0.717, 1.165) is 11.8 Å². The van der Waals surface area contributed by atoms with E-state index in [1.54, 1.807) is 24.3 Å². The SMILES string of the molecule is O=C(CCN1C(=O)/C(=C/c2ccccc2F)SC1=S)Nc1cccc(C(=O)O)c1. The third-order valence-corrected chi connectivity index (χ3v) is 5.40. The number of thiocarbonyl (C=S) groups is 1. The summed E-state index contributed by atoms with van der Waals surface area (Å²) in [6, 6.07) is 11.9. The summed E-state index contributed by atoms with van der Waals surface area (Å²) in [5, 5.41) is 11.6. The molecule has 1 fully saturated rings.